The molecule has 0 radical (unpaired) electrons. The summed E-state index contributed by atoms with van der Waals surface area (Å²) >= 11 is 5.70. The number of ether oxygens (including phenoxy) is 2. The summed E-state index contributed by atoms with van der Waals surface area (Å²) in [5, 5.41) is 0. The molecule has 1 aliphatic heterocycles. The number of unbranched alkanes of at least 4 members (excludes halogenated alkanes) is 1. The maximum absolute atomic E-state index is 12.8. The number of rotatable bonds is 11. The van der Waals surface area contributed by atoms with Gasteiger partial charge in [0.1, 0.15) is 17.9 Å². The fourth-order valence-corrected chi connectivity index (χ4v) is 3.71. The Morgan fingerprint density at radius 1 is 1.25 bits per heavy atom. The van der Waals surface area contributed by atoms with E-state index in [1.54, 1.807) is 18.2 Å². The molecule has 1 aromatic rings. The molecule has 1 saturated heterocycles. The van der Waals surface area contributed by atoms with Gasteiger partial charge in [0.2, 0.25) is 0 Å². The van der Waals surface area contributed by atoms with Crippen LogP contribution in [0, 0.1) is 5.92 Å². The normalized spacial score (nSPS) is 16.0. The molecule has 28 heavy (non-hydrogen) atoms. The largest absolute Gasteiger partial charge is 0.493 e. The van der Waals surface area contributed by atoms with Crippen molar-refractivity contribution in [3.8, 4) is 5.75 Å². The van der Waals surface area contributed by atoms with Crippen molar-refractivity contribution in [2.75, 3.05) is 31.1 Å². The zero-order chi connectivity index (χ0) is 20.4. The number of halogens is 1. The van der Waals surface area contributed by atoms with Gasteiger partial charge in [0.05, 0.1) is 12.3 Å². The smallest absolute Gasteiger partial charge is 0.341 e. The predicted octanol–water partition coefficient (Wildman–Crippen LogP) is 5.49. The maximum atomic E-state index is 12.8. The molecule has 0 aromatic heterocycles. The van der Waals surface area contributed by atoms with Gasteiger partial charge in [-0.3, -0.25) is 9.74 Å². The third-order valence-corrected chi connectivity index (χ3v) is 5.34. The van der Waals surface area contributed by atoms with Gasteiger partial charge in [-0.15, -0.1) is 0 Å². The number of hydrogen-bond donors (Lipinski definition) is 1. The first-order chi connectivity index (χ1) is 13.5. The van der Waals surface area contributed by atoms with E-state index in [9.17, 15) is 4.79 Å². The van der Waals surface area contributed by atoms with Crippen molar-refractivity contribution in [2.24, 2.45) is 5.92 Å². The lowest BCUT2D eigenvalue weighted by Crippen LogP contribution is -2.43. The van der Waals surface area contributed by atoms with Gasteiger partial charge in [-0.25, -0.2) is 4.79 Å². The van der Waals surface area contributed by atoms with E-state index in [0.717, 1.165) is 32.4 Å². The Bertz CT molecular complexity index is 603. The fraction of sp³-hybridized carbons (Fsp3) is 0.682. The minimum Gasteiger partial charge on any atom is -0.493 e. The first kappa shape index (κ1) is 22.8. The SMILES string of the molecule is CCCCOc1cc(NCl)ccc1C(=O)OC[C@H](CC(C)C)N1CCCCC1. The second-order valence-corrected chi connectivity index (χ2v) is 8.17. The molecular weight excluding hydrogens is 376 g/mol. The van der Waals surface area contributed by atoms with Crippen molar-refractivity contribution in [2.45, 2.75) is 65.3 Å². The summed E-state index contributed by atoms with van der Waals surface area (Å²) < 4.78 is 11.6. The minimum absolute atomic E-state index is 0.275. The third kappa shape index (κ3) is 7.17. The van der Waals surface area contributed by atoms with Crippen molar-refractivity contribution in [3.63, 3.8) is 0 Å². The van der Waals surface area contributed by atoms with Gasteiger partial charge in [0.15, 0.2) is 0 Å². The topological polar surface area (TPSA) is 50.8 Å². The van der Waals surface area contributed by atoms with Crippen LogP contribution >= 0.6 is 11.8 Å². The van der Waals surface area contributed by atoms with Gasteiger partial charge in [0, 0.05) is 23.9 Å². The first-order valence-corrected chi connectivity index (χ1v) is 11.0. The summed E-state index contributed by atoms with van der Waals surface area (Å²) in [4.78, 5) is 17.9. The summed E-state index contributed by atoms with van der Waals surface area (Å²) in [7, 11) is 0. The highest BCUT2D eigenvalue weighted by atomic mass is 35.5. The van der Waals surface area contributed by atoms with Gasteiger partial charge in [-0.2, -0.15) is 0 Å². The molecule has 1 aliphatic rings. The predicted molar refractivity (Wildman–Crippen MR) is 115 cm³/mol. The van der Waals surface area contributed by atoms with Gasteiger partial charge >= 0.3 is 5.97 Å². The molecule has 1 fully saturated rings. The van der Waals surface area contributed by atoms with Crippen LogP contribution < -0.4 is 9.57 Å². The van der Waals surface area contributed by atoms with Crippen LogP contribution in [0.4, 0.5) is 5.69 Å². The maximum Gasteiger partial charge on any atom is 0.341 e. The van der Waals surface area contributed by atoms with Crippen LogP contribution in [0.2, 0.25) is 0 Å². The van der Waals surface area contributed by atoms with Crippen LogP contribution in [0.3, 0.4) is 0 Å². The van der Waals surface area contributed by atoms with Gasteiger partial charge in [0.25, 0.3) is 0 Å². The molecular formula is C22H35ClN2O3. The fourth-order valence-electron chi connectivity index (χ4n) is 3.60. The van der Waals surface area contributed by atoms with E-state index >= 15 is 0 Å². The average Bonchev–Trinajstić information content (AvgIpc) is 2.71. The molecule has 0 bridgehead atoms. The number of carbonyl (C=O) groups excluding carboxylic acids is 1. The number of anilines is 1. The van der Waals surface area contributed by atoms with E-state index in [4.69, 9.17) is 21.3 Å². The van der Waals surface area contributed by atoms with Crippen molar-refractivity contribution in [1.29, 1.82) is 0 Å². The van der Waals surface area contributed by atoms with Crippen LogP contribution in [-0.2, 0) is 4.74 Å². The third-order valence-electron chi connectivity index (χ3n) is 5.12. The van der Waals surface area contributed by atoms with Crippen molar-refractivity contribution in [3.05, 3.63) is 23.8 Å². The second-order valence-electron chi connectivity index (χ2n) is 7.99. The van der Waals surface area contributed by atoms with E-state index in [-0.39, 0.29) is 12.0 Å². The van der Waals surface area contributed by atoms with Crippen molar-refractivity contribution in [1.82, 2.24) is 4.90 Å². The van der Waals surface area contributed by atoms with E-state index < -0.39 is 0 Å². The Labute approximate surface area is 174 Å². The number of hydrogen-bond acceptors (Lipinski definition) is 5. The molecule has 1 N–H and O–H groups in total. The molecule has 1 atom stereocenters. The standard InChI is InChI=1S/C22H35ClN2O3/c1-4-5-13-27-21-15-18(24-23)9-10-20(21)22(26)28-16-19(14-17(2)3)25-11-7-6-8-12-25/h9-10,15,17,19,24H,4-8,11-14,16H2,1-3H3/t19-/m0/s1. The molecule has 1 heterocycles. The summed E-state index contributed by atoms with van der Waals surface area (Å²) in [6.07, 6.45) is 6.74. The minimum atomic E-state index is -0.335. The van der Waals surface area contributed by atoms with Crippen molar-refractivity contribution < 1.29 is 14.3 Å². The van der Waals surface area contributed by atoms with E-state index in [2.05, 4.69) is 30.5 Å². The summed E-state index contributed by atoms with van der Waals surface area (Å²) in [6.45, 7) is 9.71. The zero-order valence-electron chi connectivity index (χ0n) is 17.5. The Kier molecular flexibility index (Phi) is 9.93. The molecule has 2 rings (SSSR count). The number of benzene rings is 1. The first-order valence-electron chi connectivity index (χ1n) is 10.6. The average molecular weight is 411 g/mol. The van der Waals surface area contributed by atoms with Crippen LogP contribution in [0.15, 0.2) is 18.2 Å². The van der Waals surface area contributed by atoms with Crippen LogP contribution in [0.1, 0.15) is 69.7 Å². The lowest BCUT2D eigenvalue weighted by molar-refractivity contribution is 0.0280. The summed E-state index contributed by atoms with van der Waals surface area (Å²) in [5.74, 6) is 0.744. The van der Waals surface area contributed by atoms with E-state index in [0.29, 0.717) is 36.1 Å². The molecule has 158 valence electrons. The van der Waals surface area contributed by atoms with Gasteiger partial charge in [-0.1, -0.05) is 33.6 Å². The Balaban J connectivity index is 2.04. The highest BCUT2D eigenvalue weighted by Gasteiger charge is 2.24. The Morgan fingerprint density at radius 2 is 2.00 bits per heavy atom. The summed E-state index contributed by atoms with van der Waals surface area (Å²) in [5.41, 5.74) is 1.14. The quantitative estimate of drug-likeness (QED) is 0.297. The molecule has 0 saturated carbocycles. The van der Waals surface area contributed by atoms with E-state index in [1.165, 1.54) is 19.3 Å². The highest BCUT2D eigenvalue weighted by molar-refractivity contribution is 6.24. The van der Waals surface area contributed by atoms with Gasteiger partial charge in [-0.05, 0) is 56.8 Å². The van der Waals surface area contributed by atoms with Gasteiger partial charge < -0.3 is 9.47 Å². The van der Waals surface area contributed by atoms with Crippen molar-refractivity contribution >= 4 is 23.4 Å². The Hall–Kier alpha value is -1.46. The highest BCUT2D eigenvalue weighted by Crippen LogP contribution is 2.26. The number of likely N-dealkylation sites (tertiary alicyclic amines) is 1. The molecule has 1 aromatic carbocycles. The molecule has 5 nitrogen and oxygen atoms in total. The number of esters is 1. The molecule has 0 unspecified atom stereocenters. The number of nitrogens with one attached hydrogen (secondary N) is 1. The number of carbonyl (C=O) groups is 1. The summed E-state index contributed by atoms with van der Waals surface area (Å²) in [6, 6.07) is 5.49. The van der Waals surface area contributed by atoms with E-state index in [1.807, 2.05) is 0 Å². The van der Waals surface area contributed by atoms with Crippen LogP contribution in [0.5, 0.6) is 5.75 Å². The number of piperidine rings is 1. The lowest BCUT2D eigenvalue weighted by atomic mass is 10.0. The molecule has 0 spiro atoms. The number of nitrogens with zero attached hydrogens (tertiary/aromatic N) is 1. The van der Waals surface area contributed by atoms with Crippen LogP contribution in [0.25, 0.3) is 0 Å². The van der Waals surface area contributed by atoms with Crippen LogP contribution in [-0.4, -0.2) is 43.2 Å². The monoisotopic (exact) mass is 410 g/mol. The molecule has 0 aliphatic carbocycles. The zero-order valence-corrected chi connectivity index (χ0v) is 18.3. The second kappa shape index (κ2) is 12.2. The molecule has 6 heteroatoms. The lowest BCUT2D eigenvalue weighted by Gasteiger charge is -2.35. The Morgan fingerprint density at radius 3 is 2.64 bits per heavy atom. The molecule has 0 amide bonds.